The summed E-state index contributed by atoms with van der Waals surface area (Å²) < 4.78 is 0. The Bertz CT molecular complexity index is 676. The number of aliphatic carboxylic acids is 1. The summed E-state index contributed by atoms with van der Waals surface area (Å²) in [5.41, 5.74) is 5.79. The number of carboxylic acids is 1. The van der Waals surface area contributed by atoms with E-state index in [2.05, 4.69) is 25.9 Å². The van der Waals surface area contributed by atoms with E-state index in [-0.39, 0.29) is 25.3 Å². The molecule has 11 heteroatoms. The topological polar surface area (TPSA) is 179 Å². The quantitative estimate of drug-likeness (QED) is 0.264. The average Bonchev–Trinajstić information content (AvgIpc) is 3.12. The van der Waals surface area contributed by atoms with Crippen LogP contribution >= 0.6 is 0 Å². The predicted molar refractivity (Wildman–Crippen MR) is 99.9 cm³/mol. The van der Waals surface area contributed by atoms with Gasteiger partial charge in [-0.25, -0.2) is 9.78 Å². The van der Waals surface area contributed by atoms with Gasteiger partial charge in [0.25, 0.3) is 0 Å². The van der Waals surface area contributed by atoms with Crippen molar-refractivity contribution in [2.45, 2.75) is 51.7 Å². The lowest BCUT2D eigenvalue weighted by atomic mass is 10.0. The molecule has 3 amide bonds. The summed E-state index contributed by atoms with van der Waals surface area (Å²) in [6.07, 6.45) is 3.24. The van der Waals surface area contributed by atoms with Gasteiger partial charge in [-0.15, -0.1) is 0 Å². The van der Waals surface area contributed by atoms with Crippen LogP contribution in [0, 0.1) is 5.92 Å². The van der Waals surface area contributed by atoms with Gasteiger partial charge in [0.1, 0.15) is 18.1 Å². The maximum absolute atomic E-state index is 12.7. The normalized spacial score (nSPS) is 14.0. The van der Waals surface area contributed by atoms with Crippen molar-refractivity contribution in [3.63, 3.8) is 0 Å². The van der Waals surface area contributed by atoms with Crippen LogP contribution in [0.2, 0.25) is 0 Å². The first-order valence-corrected chi connectivity index (χ1v) is 8.94. The van der Waals surface area contributed by atoms with Crippen molar-refractivity contribution in [3.05, 3.63) is 18.2 Å². The number of hydrogen-bond acceptors (Lipinski definition) is 6. The van der Waals surface area contributed by atoms with Gasteiger partial charge in [-0.05, 0) is 19.3 Å². The summed E-state index contributed by atoms with van der Waals surface area (Å²) in [5, 5.41) is 16.7. The van der Waals surface area contributed by atoms with Gasteiger partial charge in [-0.3, -0.25) is 14.4 Å². The smallest absolute Gasteiger partial charge is 0.326 e. The van der Waals surface area contributed by atoms with Crippen LogP contribution in [0.5, 0.6) is 0 Å². The van der Waals surface area contributed by atoms with Crippen molar-refractivity contribution in [3.8, 4) is 0 Å². The molecule has 3 unspecified atom stereocenters. The van der Waals surface area contributed by atoms with Crippen LogP contribution < -0.4 is 21.7 Å². The lowest BCUT2D eigenvalue weighted by Gasteiger charge is -2.23. The van der Waals surface area contributed by atoms with Crippen molar-refractivity contribution in [1.29, 1.82) is 0 Å². The number of H-pyrrole nitrogens is 1. The van der Waals surface area contributed by atoms with Crippen LogP contribution in [0.25, 0.3) is 0 Å². The van der Waals surface area contributed by atoms with E-state index in [0.29, 0.717) is 5.69 Å². The molecule has 28 heavy (non-hydrogen) atoms. The molecule has 0 aliphatic heterocycles. The Balaban J connectivity index is 2.88. The summed E-state index contributed by atoms with van der Waals surface area (Å²) >= 11 is 0. The van der Waals surface area contributed by atoms with Gasteiger partial charge in [0.15, 0.2) is 0 Å². The fraction of sp³-hybridized carbons (Fsp3) is 0.588. The van der Waals surface area contributed by atoms with E-state index in [9.17, 15) is 24.3 Å². The summed E-state index contributed by atoms with van der Waals surface area (Å²) in [4.78, 5) is 54.5. The minimum Gasteiger partial charge on any atom is -0.480 e. The molecule has 3 atom stereocenters. The summed E-state index contributed by atoms with van der Waals surface area (Å²) in [6, 6.07) is -3.05. The molecule has 1 aromatic rings. The van der Waals surface area contributed by atoms with Gasteiger partial charge in [0.2, 0.25) is 17.7 Å². The number of aromatic nitrogens is 2. The van der Waals surface area contributed by atoms with Crippen molar-refractivity contribution >= 4 is 23.7 Å². The van der Waals surface area contributed by atoms with Crippen LogP contribution in [0.1, 0.15) is 32.9 Å². The van der Waals surface area contributed by atoms with E-state index < -0.39 is 41.8 Å². The van der Waals surface area contributed by atoms with E-state index in [4.69, 9.17) is 5.73 Å². The molecular formula is C17H28N6O5. The third-order valence-corrected chi connectivity index (χ3v) is 3.89. The fourth-order valence-corrected chi connectivity index (χ4v) is 2.45. The van der Waals surface area contributed by atoms with Crippen LogP contribution in [-0.4, -0.2) is 63.4 Å². The van der Waals surface area contributed by atoms with Gasteiger partial charge in [-0.2, -0.15) is 0 Å². The minimum absolute atomic E-state index is 0.0496. The SMILES string of the molecule is CC(C)CC(NC(=O)C(Cc1cnc[nH]1)NC(=O)C(C)NC(=O)CN)C(=O)O. The number of aromatic amines is 1. The standard InChI is InChI=1S/C17H28N6O5/c1-9(2)4-13(17(27)28)23-16(26)12(5-11-7-19-8-20-11)22-15(25)10(3)21-14(24)6-18/h7-10,12-13H,4-6,18H2,1-3H3,(H,19,20)(H,21,24)(H,22,25)(H,23,26)(H,27,28). The zero-order chi connectivity index (χ0) is 21.3. The Morgan fingerprint density at radius 1 is 1.11 bits per heavy atom. The average molecular weight is 396 g/mol. The highest BCUT2D eigenvalue weighted by molar-refractivity contribution is 5.93. The van der Waals surface area contributed by atoms with E-state index >= 15 is 0 Å². The van der Waals surface area contributed by atoms with Crippen molar-refractivity contribution in [2.24, 2.45) is 11.7 Å². The van der Waals surface area contributed by atoms with E-state index in [1.807, 2.05) is 13.8 Å². The lowest BCUT2D eigenvalue weighted by molar-refractivity contribution is -0.142. The molecule has 0 saturated carbocycles. The first kappa shape index (κ1) is 23.1. The fourth-order valence-electron chi connectivity index (χ4n) is 2.45. The number of rotatable bonds is 11. The second kappa shape index (κ2) is 11.0. The van der Waals surface area contributed by atoms with Crippen LogP contribution in [-0.2, 0) is 25.6 Å². The molecule has 0 saturated heterocycles. The lowest BCUT2D eigenvalue weighted by Crippen LogP contribution is -2.56. The minimum atomic E-state index is -1.16. The Kier molecular flexibility index (Phi) is 9.09. The van der Waals surface area contributed by atoms with Crippen molar-refractivity contribution in [1.82, 2.24) is 25.9 Å². The monoisotopic (exact) mass is 396 g/mol. The number of carbonyl (C=O) groups is 4. The second-order valence-corrected chi connectivity index (χ2v) is 6.86. The molecule has 156 valence electrons. The highest BCUT2D eigenvalue weighted by Gasteiger charge is 2.29. The molecule has 0 aliphatic carbocycles. The number of nitrogens with two attached hydrogens (primary N) is 1. The number of carbonyl (C=O) groups excluding carboxylic acids is 3. The summed E-state index contributed by atoms with van der Waals surface area (Å²) in [7, 11) is 0. The molecule has 0 bridgehead atoms. The first-order valence-electron chi connectivity index (χ1n) is 8.94. The van der Waals surface area contributed by atoms with Crippen LogP contribution in [0.15, 0.2) is 12.5 Å². The third kappa shape index (κ3) is 7.74. The maximum atomic E-state index is 12.7. The first-order chi connectivity index (χ1) is 13.1. The predicted octanol–water partition coefficient (Wildman–Crippen LogP) is -1.48. The molecule has 0 radical (unpaired) electrons. The third-order valence-electron chi connectivity index (χ3n) is 3.89. The summed E-state index contributed by atoms with van der Waals surface area (Å²) in [6.45, 7) is 4.86. The Labute approximate surface area is 162 Å². The molecule has 0 fully saturated rings. The van der Waals surface area contributed by atoms with E-state index in [1.54, 1.807) is 0 Å². The zero-order valence-corrected chi connectivity index (χ0v) is 16.2. The largest absolute Gasteiger partial charge is 0.480 e. The molecule has 7 N–H and O–H groups in total. The summed E-state index contributed by atoms with van der Waals surface area (Å²) in [5.74, 6) is -2.86. The van der Waals surface area contributed by atoms with Crippen LogP contribution in [0.3, 0.4) is 0 Å². The highest BCUT2D eigenvalue weighted by Crippen LogP contribution is 2.07. The number of nitrogens with one attached hydrogen (secondary N) is 4. The van der Waals surface area contributed by atoms with Gasteiger partial charge in [0.05, 0.1) is 12.9 Å². The molecule has 0 spiro atoms. The number of imidazole rings is 1. The van der Waals surface area contributed by atoms with Gasteiger partial charge < -0.3 is 31.8 Å². The van der Waals surface area contributed by atoms with Crippen LogP contribution in [0.4, 0.5) is 0 Å². The maximum Gasteiger partial charge on any atom is 0.326 e. The zero-order valence-electron chi connectivity index (χ0n) is 16.2. The second-order valence-electron chi connectivity index (χ2n) is 6.86. The Morgan fingerprint density at radius 3 is 2.25 bits per heavy atom. The Morgan fingerprint density at radius 2 is 1.75 bits per heavy atom. The number of carboxylic acid groups (broad SMARTS) is 1. The molecule has 1 rings (SSSR count). The number of hydrogen-bond donors (Lipinski definition) is 6. The molecular weight excluding hydrogens is 368 g/mol. The molecule has 1 aromatic heterocycles. The number of nitrogens with zero attached hydrogens (tertiary/aromatic N) is 1. The van der Waals surface area contributed by atoms with E-state index in [1.165, 1.54) is 19.4 Å². The Hall–Kier alpha value is -2.95. The van der Waals surface area contributed by atoms with E-state index in [0.717, 1.165) is 0 Å². The molecule has 0 aliphatic rings. The molecule has 0 aromatic carbocycles. The van der Waals surface area contributed by atoms with Gasteiger partial charge in [0, 0.05) is 18.3 Å². The molecule has 1 heterocycles. The molecule has 11 nitrogen and oxygen atoms in total. The van der Waals surface area contributed by atoms with Crippen molar-refractivity contribution in [2.75, 3.05) is 6.54 Å². The van der Waals surface area contributed by atoms with Gasteiger partial charge >= 0.3 is 5.97 Å². The number of amides is 3. The van der Waals surface area contributed by atoms with Crippen molar-refractivity contribution < 1.29 is 24.3 Å². The highest BCUT2D eigenvalue weighted by atomic mass is 16.4. The van der Waals surface area contributed by atoms with Gasteiger partial charge in [-0.1, -0.05) is 13.8 Å².